The van der Waals surface area contributed by atoms with Crippen LogP contribution in [0.5, 0.6) is 0 Å². The molecule has 0 saturated heterocycles. The average Bonchev–Trinajstić information content (AvgIpc) is 2.86. The summed E-state index contributed by atoms with van der Waals surface area (Å²) in [4.78, 5) is 11.4. The summed E-state index contributed by atoms with van der Waals surface area (Å²) in [7, 11) is 1.25. The van der Waals surface area contributed by atoms with Gasteiger partial charge < -0.3 is 9.84 Å². The number of rotatable bonds is 4. The number of aliphatic hydroxyl groups is 1. The van der Waals surface area contributed by atoms with Gasteiger partial charge in [-0.05, 0) is 12.5 Å². The number of esters is 1. The number of carbonyl (C=O) groups excluding carboxylic acids is 1. The van der Waals surface area contributed by atoms with Gasteiger partial charge in [-0.25, -0.2) is 4.79 Å². The Labute approximate surface area is 111 Å². The molecule has 1 unspecified atom stereocenters. The smallest absolute Gasteiger partial charge is 0.339 e. The predicted molar refractivity (Wildman–Crippen MR) is 70.3 cm³/mol. The van der Waals surface area contributed by atoms with E-state index in [1.807, 2.05) is 30.3 Å². The van der Waals surface area contributed by atoms with E-state index in [-0.39, 0.29) is 6.54 Å². The minimum Gasteiger partial charge on any atom is -0.467 e. The van der Waals surface area contributed by atoms with Gasteiger partial charge >= 0.3 is 5.97 Å². The first-order valence-corrected chi connectivity index (χ1v) is 5.91. The Hall–Kier alpha value is -2.14. The number of benzene rings is 1. The van der Waals surface area contributed by atoms with Crippen LogP contribution >= 0.6 is 0 Å². The molecular weight excluding hydrogens is 244 g/mol. The van der Waals surface area contributed by atoms with Crippen LogP contribution in [-0.2, 0) is 16.1 Å². The van der Waals surface area contributed by atoms with E-state index in [0.29, 0.717) is 0 Å². The molecule has 0 spiro atoms. The fourth-order valence-electron chi connectivity index (χ4n) is 1.83. The summed E-state index contributed by atoms with van der Waals surface area (Å²) in [5.41, 5.74) is 0.377. The molecule has 0 aliphatic heterocycles. The second-order valence-electron chi connectivity index (χ2n) is 4.56. The van der Waals surface area contributed by atoms with Crippen molar-refractivity contribution in [2.24, 2.45) is 0 Å². The Morgan fingerprint density at radius 2 is 2.05 bits per heavy atom. The third kappa shape index (κ3) is 3.00. The van der Waals surface area contributed by atoms with Gasteiger partial charge in [0.2, 0.25) is 0 Å². The van der Waals surface area contributed by atoms with Crippen LogP contribution in [0.2, 0.25) is 0 Å². The number of hydrogen-bond donors (Lipinski definition) is 1. The van der Waals surface area contributed by atoms with Gasteiger partial charge in [-0.2, -0.15) is 5.10 Å². The number of carbonyl (C=O) groups is 1. The molecule has 1 atom stereocenters. The average molecular weight is 260 g/mol. The van der Waals surface area contributed by atoms with Crippen LogP contribution in [-0.4, -0.2) is 33.6 Å². The summed E-state index contributed by atoms with van der Waals surface area (Å²) < 4.78 is 6.08. The van der Waals surface area contributed by atoms with Gasteiger partial charge in [0.15, 0.2) is 5.60 Å². The third-order valence-corrected chi connectivity index (χ3v) is 2.84. The molecule has 0 amide bonds. The summed E-state index contributed by atoms with van der Waals surface area (Å²) in [5, 5.41) is 14.1. The highest BCUT2D eigenvalue weighted by molar-refractivity contribution is 5.78. The molecule has 19 heavy (non-hydrogen) atoms. The predicted octanol–water partition coefficient (Wildman–Crippen LogP) is 1.47. The maximum Gasteiger partial charge on any atom is 0.339 e. The lowest BCUT2D eigenvalue weighted by molar-refractivity contribution is -0.162. The quantitative estimate of drug-likeness (QED) is 0.846. The van der Waals surface area contributed by atoms with Gasteiger partial charge in [-0.3, -0.25) is 4.68 Å². The van der Waals surface area contributed by atoms with Crippen LogP contribution in [0, 0.1) is 0 Å². The van der Waals surface area contributed by atoms with E-state index in [1.54, 1.807) is 12.4 Å². The van der Waals surface area contributed by atoms with Gasteiger partial charge in [0.25, 0.3) is 0 Å². The second-order valence-corrected chi connectivity index (χ2v) is 4.56. The molecule has 0 aliphatic carbocycles. The van der Waals surface area contributed by atoms with Crippen molar-refractivity contribution in [2.45, 2.75) is 19.1 Å². The Kier molecular flexibility index (Phi) is 3.66. The van der Waals surface area contributed by atoms with Crippen molar-refractivity contribution in [3.8, 4) is 11.1 Å². The Morgan fingerprint density at radius 3 is 2.68 bits per heavy atom. The van der Waals surface area contributed by atoms with Crippen LogP contribution in [0.15, 0.2) is 42.7 Å². The van der Waals surface area contributed by atoms with Gasteiger partial charge in [0.05, 0.1) is 19.9 Å². The van der Waals surface area contributed by atoms with E-state index < -0.39 is 11.6 Å². The number of hydrogen-bond acceptors (Lipinski definition) is 4. The molecule has 1 aromatic carbocycles. The number of methoxy groups -OCH3 is 1. The summed E-state index contributed by atoms with van der Waals surface area (Å²) in [5.74, 6) is -0.677. The van der Waals surface area contributed by atoms with E-state index in [0.717, 1.165) is 11.1 Å². The summed E-state index contributed by atoms with van der Waals surface area (Å²) in [6, 6.07) is 9.77. The van der Waals surface area contributed by atoms with Crippen molar-refractivity contribution in [2.75, 3.05) is 7.11 Å². The molecule has 1 N–H and O–H groups in total. The molecule has 1 heterocycles. The number of aromatic nitrogens is 2. The highest BCUT2D eigenvalue weighted by Crippen LogP contribution is 2.18. The van der Waals surface area contributed by atoms with Crippen molar-refractivity contribution < 1.29 is 14.6 Å². The molecule has 5 heteroatoms. The van der Waals surface area contributed by atoms with Crippen LogP contribution < -0.4 is 0 Å². The van der Waals surface area contributed by atoms with E-state index in [2.05, 4.69) is 9.84 Å². The molecule has 0 saturated carbocycles. The minimum absolute atomic E-state index is 0.0481. The normalized spacial score (nSPS) is 13.8. The molecule has 0 fully saturated rings. The van der Waals surface area contributed by atoms with Gasteiger partial charge in [-0.1, -0.05) is 30.3 Å². The van der Waals surface area contributed by atoms with E-state index in [9.17, 15) is 9.90 Å². The lowest BCUT2D eigenvalue weighted by atomic mass is 10.1. The SMILES string of the molecule is COC(=O)C(C)(O)Cn1cc(-c2ccccc2)cn1. The maximum absolute atomic E-state index is 11.4. The van der Waals surface area contributed by atoms with Crippen molar-refractivity contribution in [1.82, 2.24) is 9.78 Å². The summed E-state index contributed by atoms with van der Waals surface area (Å²) in [6.45, 7) is 1.45. The van der Waals surface area contributed by atoms with Crippen molar-refractivity contribution in [3.05, 3.63) is 42.7 Å². The minimum atomic E-state index is -1.59. The van der Waals surface area contributed by atoms with Gasteiger partial charge in [0, 0.05) is 11.8 Å². The largest absolute Gasteiger partial charge is 0.467 e. The molecular formula is C14H16N2O3. The monoisotopic (exact) mass is 260 g/mol. The lowest BCUT2D eigenvalue weighted by Crippen LogP contribution is -2.40. The standard InChI is InChI=1S/C14H16N2O3/c1-14(18,13(17)19-2)10-16-9-12(8-15-16)11-6-4-3-5-7-11/h3-9,18H,10H2,1-2H3. The topological polar surface area (TPSA) is 64.3 Å². The van der Waals surface area contributed by atoms with Crippen molar-refractivity contribution in [3.63, 3.8) is 0 Å². The maximum atomic E-state index is 11.4. The number of nitrogens with zero attached hydrogens (tertiary/aromatic N) is 2. The number of ether oxygens (including phenoxy) is 1. The molecule has 2 aromatic rings. The molecule has 2 rings (SSSR count). The third-order valence-electron chi connectivity index (χ3n) is 2.84. The highest BCUT2D eigenvalue weighted by atomic mass is 16.5. The van der Waals surface area contributed by atoms with Crippen LogP contribution in [0.25, 0.3) is 11.1 Å². The highest BCUT2D eigenvalue weighted by Gasteiger charge is 2.32. The molecule has 0 aliphatic rings. The Morgan fingerprint density at radius 1 is 1.37 bits per heavy atom. The lowest BCUT2D eigenvalue weighted by Gasteiger charge is -2.19. The van der Waals surface area contributed by atoms with Crippen LogP contribution in [0.4, 0.5) is 0 Å². The second kappa shape index (κ2) is 5.24. The zero-order chi connectivity index (χ0) is 13.9. The molecule has 100 valence electrons. The zero-order valence-corrected chi connectivity index (χ0v) is 10.9. The first-order chi connectivity index (χ1) is 9.03. The molecule has 0 bridgehead atoms. The molecule has 0 radical (unpaired) electrons. The molecule has 1 aromatic heterocycles. The Bertz CT molecular complexity index is 561. The van der Waals surface area contributed by atoms with Crippen LogP contribution in [0.1, 0.15) is 6.92 Å². The first kappa shape index (κ1) is 13.3. The van der Waals surface area contributed by atoms with Gasteiger partial charge in [-0.15, -0.1) is 0 Å². The van der Waals surface area contributed by atoms with Crippen molar-refractivity contribution >= 4 is 5.97 Å². The van der Waals surface area contributed by atoms with E-state index >= 15 is 0 Å². The van der Waals surface area contributed by atoms with Crippen molar-refractivity contribution in [1.29, 1.82) is 0 Å². The zero-order valence-electron chi connectivity index (χ0n) is 10.9. The Balaban J connectivity index is 2.16. The van der Waals surface area contributed by atoms with Gasteiger partial charge in [0.1, 0.15) is 0 Å². The first-order valence-electron chi connectivity index (χ1n) is 5.91. The fourth-order valence-corrected chi connectivity index (χ4v) is 1.83. The van der Waals surface area contributed by atoms with E-state index in [4.69, 9.17) is 0 Å². The summed E-state index contributed by atoms with van der Waals surface area (Å²) >= 11 is 0. The summed E-state index contributed by atoms with van der Waals surface area (Å²) in [6.07, 6.45) is 3.48. The van der Waals surface area contributed by atoms with E-state index in [1.165, 1.54) is 18.7 Å². The van der Waals surface area contributed by atoms with Crippen LogP contribution in [0.3, 0.4) is 0 Å². The molecule has 5 nitrogen and oxygen atoms in total. The fraction of sp³-hybridized carbons (Fsp3) is 0.286.